The van der Waals surface area contributed by atoms with E-state index in [0.29, 0.717) is 12.3 Å². The van der Waals surface area contributed by atoms with Crippen molar-refractivity contribution in [3.05, 3.63) is 36.2 Å². The van der Waals surface area contributed by atoms with Gasteiger partial charge < -0.3 is 14.8 Å². The molecule has 2 aromatic rings. The highest BCUT2D eigenvalue weighted by Gasteiger charge is 2.32. The highest BCUT2D eigenvalue weighted by atomic mass is 16.5. The fourth-order valence-electron chi connectivity index (χ4n) is 3.05. The van der Waals surface area contributed by atoms with Gasteiger partial charge in [-0.25, -0.2) is 0 Å². The zero-order valence-electron chi connectivity index (χ0n) is 15.7. The molecular weight excluding hydrogens is 332 g/mol. The fourth-order valence-corrected chi connectivity index (χ4v) is 3.05. The Kier molecular flexibility index (Phi) is 5.15. The molecule has 7 nitrogen and oxygen atoms in total. The molecule has 0 aliphatic carbocycles. The van der Waals surface area contributed by atoms with Crippen molar-refractivity contribution in [1.29, 1.82) is 0 Å². The molecule has 3 rings (SSSR count). The van der Waals surface area contributed by atoms with E-state index >= 15 is 0 Å². The van der Waals surface area contributed by atoms with E-state index in [0.717, 1.165) is 17.7 Å². The summed E-state index contributed by atoms with van der Waals surface area (Å²) in [6.45, 7) is 8.72. The average molecular weight is 358 g/mol. The quantitative estimate of drug-likeness (QED) is 0.821. The summed E-state index contributed by atoms with van der Waals surface area (Å²) in [5, 5.41) is 10.8. The minimum atomic E-state index is -0.245. The number of nitrogens with zero attached hydrogens (tertiary/aromatic N) is 3. The second kappa shape index (κ2) is 7.35. The Morgan fingerprint density at radius 2 is 2.23 bits per heavy atom. The molecular formula is C19H26N4O3. The number of amides is 1. The molecule has 1 aromatic carbocycles. The molecule has 1 amide bonds. The van der Waals surface area contributed by atoms with E-state index < -0.39 is 0 Å². The maximum Gasteiger partial charge on any atom is 0.258 e. The van der Waals surface area contributed by atoms with Crippen molar-refractivity contribution in [1.82, 2.24) is 20.3 Å². The first-order valence-electron chi connectivity index (χ1n) is 8.91. The van der Waals surface area contributed by atoms with Crippen molar-refractivity contribution in [2.75, 3.05) is 6.61 Å². The lowest BCUT2D eigenvalue weighted by Gasteiger charge is -2.22. The summed E-state index contributed by atoms with van der Waals surface area (Å²) in [5.74, 6) is 1.45. The van der Waals surface area contributed by atoms with Crippen LogP contribution in [0.3, 0.4) is 0 Å². The van der Waals surface area contributed by atoms with Gasteiger partial charge in [-0.05, 0) is 25.8 Å². The first kappa shape index (κ1) is 18.2. The van der Waals surface area contributed by atoms with Gasteiger partial charge in [0.25, 0.3) is 5.91 Å². The summed E-state index contributed by atoms with van der Waals surface area (Å²) in [4.78, 5) is 12.4. The summed E-state index contributed by atoms with van der Waals surface area (Å²) >= 11 is 0. The van der Waals surface area contributed by atoms with Gasteiger partial charge in [-0.15, -0.1) is 5.10 Å². The molecule has 0 spiro atoms. The van der Waals surface area contributed by atoms with Crippen LogP contribution in [0.15, 0.2) is 30.6 Å². The number of para-hydroxylation sites is 1. The molecule has 1 aliphatic rings. The molecule has 1 aromatic heterocycles. The largest absolute Gasteiger partial charge is 0.483 e. The average Bonchev–Trinajstić information content (AvgIpc) is 3.17. The van der Waals surface area contributed by atoms with Crippen LogP contribution in [-0.4, -0.2) is 39.2 Å². The lowest BCUT2D eigenvalue weighted by atomic mass is 10.0. The number of carbonyl (C=O) groups is 1. The van der Waals surface area contributed by atoms with Crippen molar-refractivity contribution in [3.63, 3.8) is 0 Å². The van der Waals surface area contributed by atoms with Crippen LogP contribution >= 0.6 is 0 Å². The van der Waals surface area contributed by atoms with Gasteiger partial charge in [0, 0.05) is 18.2 Å². The first-order chi connectivity index (χ1) is 12.3. The van der Waals surface area contributed by atoms with E-state index in [2.05, 4.69) is 29.5 Å². The number of hydrogen-bond acceptors (Lipinski definition) is 5. The molecule has 0 unspecified atom stereocenters. The molecule has 1 atom stereocenters. The van der Waals surface area contributed by atoms with Gasteiger partial charge in [0.1, 0.15) is 5.60 Å². The molecule has 7 heteroatoms. The Hall–Kier alpha value is -2.57. The Bertz CT molecular complexity index is 756. The molecule has 140 valence electrons. The number of rotatable bonds is 7. The minimum absolute atomic E-state index is 0.0514. The van der Waals surface area contributed by atoms with Crippen LogP contribution in [0.4, 0.5) is 0 Å². The van der Waals surface area contributed by atoms with Crippen LogP contribution < -0.4 is 14.8 Å². The molecule has 0 saturated carbocycles. The lowest BCUT2D eigenvalue weighted by Crippen LogP contribution is -2.43. The standard InChI is InChI=1S/C19H26N4O3/c1-13(2)15(11-23-9-8-20-22-23)21-17(24)12-25-16-7-5-6-14-10-19(3,4)26-18(14)16/h5-9,13,15H,10-12H2,1-4H3,(H,21,24)/t15-/m1/s1. The summed E-state index contributed by atoms with van der Waals surface area (Å²) in [7, 11) is 0. The Morgan fingerprint density at radius 1 is 1.42 bits per heavy atom. The van der Waals surface area contributed by atoms with Crippen molar-refractivity contribution in [2.45, 2.75) is 52.3 Å². The number of carbonyl (C=O) groups excluding carboxylic acids is 1. The molecule has 2 heterocycles. The van der Waals surface area contributed by atoms with Crippen molar-refractivity contribution < 1.29 is 14.3 Å². The van der Waals surface area contributed by atoms with Crippen LogP contribution in [-0.2, 0) is 17.8 Å². The van der Waals surface area contributed by atoms with Gasteiger partial charge in [-0.2, -0.15) is 0 Å². The third-order valence-corrected chi connectivity index (χ3v) is 4.42. The fraction of sp³-hybridized carbons (Fsp3) is 0.526. The topological polar surface area (TPSA) is 78.3 Å². The number of fused-ring (bicyclic) bond motifs is 1. The SMILES string of the molecule is CC(C)[C@@H](Cn1ccnn1)NC(=O)COc1cccc2c1OC(C)(C)C2. The van der Waals surface area contributed by atoms with Gasteiger partial charge in [0.05, 0.1) is 18.8 Å². The van der Waals surface area contributed by atoms with Crippen LogP contribution in [0.25, 0.3) is 0 Å². The second-order valence-electron chi connectivity index (χ2n) is 7.61. The van der Waals surface area contributed by atoms with E-state index in [1.54, 1.807) is 17.1 Å². The van der Waals surface area contributed by atoms with Crippen molar-refractivity contribution in [2.24, 2.45) is 5.92 Å². The molecule has 0 saturated heterocycles. The van der Waals surface area contributed by atoms with E-state index in [1.165, 1.54) is 0 Å². The van der Waals surface area contributed by atoms with Gasteiger partial charge in [-0.3, -0.25) is 9.48 Å². The monoisotopic (exact) mass is 358 g/mol. The van der Waals surface area contributed by atoms with Crippen molar-refractivity contribution >= 4 is 5.91 Å². The van der Waals surface area contributed by atoms with E-state index in [1.807, 2.05) is 32.0 Å². The Balaban J connectivity index is 1.58. The van der Waals surface area contributed by atoms with E-state index in [-0.39, 0.29) is 30.1 Å². The summed E-state index contributed by atoms with van der Waals surface area (Å²) in [6.07, 6.45) is 4.24. The smallest absolute Gasteiger partial charge is 0.258 e. The second-order valence-corrected chi connectivity index (χ2v) is 7.61. The van der Waals surface area contributed by atoms with Crippen LogP contribution in [0.5, 0.6) is 11.5 Å². The molecule has 0 radical (unpaired) electrons. The zero-order chi connectivity index (χ0) is 18.7. The van der Waals surface area contributed by atoms with Crippen LogP contribution in [0.2, 0.25) is 0 Å². The number of ether oxygens (including phenoxy) is 2. The van der Waals surface area contributed by atoms with E-state index in [4.69, 9.17) is 9.47 Å². The third kappa shape index (κ3) is 4.33. The Labute approximate surface area is 153 Å². The number of aromatic nitrogens is 3. The van der Waals surface area contributed by atoms with E-state index in [9.17, 15) is 4.79 Å². The highest BCUT2D eigenvalue weighted by Crippen LogP contribution is 2.41. The first-order valence-corrected chi connectivity index (χ1v) is 8.91. The zero-order valence-corrected chi connectivity index (χ0v) is 15.7. The molecule has 1 N–H and O–H groups in total. The molecule has 0 fully saturated rings. The predicted molar refractivity (Wildman–Crippen MR) is 97.1 cm³/mol. The Morgan fingerprint density at radius 3 is 2.92 bits per heavy atom. The maximum absolute atomic E-state index is 12.4. The minimum Gasteiger partial charge on any atom is -0.483 e. The predicted octanol–water partition coefficient (Wildman–Crippen LogP) is 2.21. The summed E-state index contributed by atoms with van der Waals surface area (Å²) in [5.41, 5.74) is 0.865. The molecule has 26 heavy (non-hydrogen) atoms. The number of hydrogen-bond donors (Lipinski definition) is 1. The molecule has 0 bridgehead atoms. The maximum atomic E-state index is 12.4. The van der Waals surface area contributed by atoms with Gasteiger partial charge in [0.2, 0.25) is 0 Å². The van der Waals surface area contributed by atoms with Crippen molar-refractivity contribution in [3.8, 4) is 11.5 Å². The summed E-state index contributed by atoms with van der Waals surface area (Å²) < 4.78 is 13.4. The third-order valence-electron chi connectivity index (χ3n) is 4.42. The molecule has 1 aliphatic heterocycles. The highest BCUT2D eigenvalue weighted by molar-refractivity contribution is 5.78. The van der Waals surface area contributed by atoms with Gasteiger partial charge in [0.15, 0.2) is 18.1 Å². The normalized spacial score (nSPS) is 16.0. The van der Waals surface area contributed by atoms with Gasteiger partial charge >= 0.3 is 0 Å². The number of nitrogens with one attached hydrogen (secondary N) is 1. The van der Waals surface area contributed by atoms with Gasteiger partial charge in [-0.1, -0.05) is 31.2 Å². The summed E-state index contributed by atoms with van der Waals surface area (Å²) in [6, 6.07) is 5.75. The van der Waals surface area contributed by atoms with Crippen LogP contribution in [0.1, 0.15) is 33.3 Å². The van der Waals surface area contributed by atoms with Crippen LogP contribution in [0, 0.1) is 5.92 Å². The lowest BCUT2D eigenvalue weighted by molar-refractivity contribution is -0.124. The number of benzene rings is 1.